The molecule has 0 radical (unpaired) electrons. The van der Waals surface area contributed by atoms with Crippen molar-refractivity contribution in [1.82, 2.24) is 19.7 Å². The summed E-state index contributed by atoms with van der Waals surface area (Å²) in [6.45, 7) is 1.24. The fourth-order valence-corrected chi connectivity index (χ4v) is 3.80. The summed E-state index contributed by atoms with van der Waals surface area (Å²) in [5, 5.41) is 4.79. The molecule has 1 N–H and O–H groups in total. The number of hydrogen-bond donors (Lipinski definition) is 1. The first-order chi connectivity index (χ1) is 14.6. The van der Waals surface area contributed by atoms with E-state index in [0.29, 0.717) is 35.6 Å². The molecule has 0 fully saturated rings. The molecule has 8 nitrogen and oxygen atoms in total. The fraction of sp³-hybridized carbons (Fsp3) is 0.182. The van der Waals surface area contributed by atoms with Crippen LogP contribution in [-0.4, -0.2) is 39.4 Å². The van der Waals surface area contributed by atoms with Crippen LogP contribution in [0.1, 0.15) is 21.5 Å². The summed E-state index contributed by atoms with van der Waals surface area (Å²) < 4.78 is 6.49. The van der Waals surface area contributed by atoms with Gasteiger partial charge >= 0.3 is 5.97 Å². The molecule has 0 saturated carbocycles. The minimum absolute atomic E-state index is 0.230. The number of fused-ring (bicyclic) bond motifs is 2. The zero-order valence-electron chi connectivity index (χ0n) is 16.3. The van der Waals surface area contributed by atoms with Crippen LogP contribution in [-0.2, 0) is 17.7 Å². The number of aromatic nitrogens is 4. The Morgan fingerprint density at radius 2 is 1.97 bits per heavy atom. The largest absolute Gasteiger partial charge is 0.465 e. The average Bonchev–Trinajstić information content (AvgIpc) is 3.23. The number of benzene rings is 2. The van der Waals surface area contributed by atoms with Crippen LogP contribution in [0.5, 0.6) is 0 Å². The highest BCUT2D eigenvalue weighted by atomic mass is 16.5. The standard InChI is InChI=1S/C22H19N5O3/c1-30-21(29)15-8-7-14-9-10-26(13-16(14)11-15)22-24-19-18(20(28)25-22)12-23-27(19)17-5-3-2-4-6-17/h2-8,11-12H,9-10,13H2,1H3,(H,24,25,28). The molecular weight excluding hydrogens is 382 g/mol. The van der Waals surface area contributed by atoms with Gasteiger partial charge in [0.15, 0.2) is 5.65 Å². The molecule has 0 atom stereocenters. The number of para-hydroxylation sites is 1. The number of anilines is 1. The predicted molar refractivity (Wildman–Crippen MR) is 112 cm³/mol. The van der Waals surface area contributed by atoms with E-state index in [1.54, 1.807) is 10.7 Å². The third kappa shape index (κ3) is 3.02. The Balaban J connectivity index is 1.54. The van der Waals surface area contributed by atoms with E-state index < -0.39 is 0 Å². The van der Waals surface area contributed by atoms with Gasteiger partial charge in [-0.1, -0.05) is 24.3 Å². The second-order valence-electron chi connectivity index (χ2n) is 7.17. The molecule has 4 aromatic rings. The van der Waals surface area contributed by atoms with Gasteiger partial charge in [-0.15, -0.1) is 0 Å². The smallest absolute Gasteiger partial charge is 0.337 e. The van der Waals surface area contributed by atoms with E-state index >= 15 is 0 Å². The molecule has 1 aliphatic heterocycles. The zero-order chi connectivity index (χ0) is 20.7. The van der Waals surface area contributed by atoms with E-state index in [4.69, 9.17) is 9.72 Å². The summed E-state index contributed by atoms with van der Waals surface area (Å²) in [7, 11) is 1.37. The van der Waals surface area contributed by atoms with Gasteiger partial charge in [-0.25, -0.2) is 9.48 Å². The molecule has 0 unspecified atom stereocenters. The van der Waals surface area contributed by atoms with Gasteiger partial charge in [0.1, 0.15) is 5.39 Å². The highest BCUT2D eigenvalue weighted by Crippen LogP contribution is 2.24. The highest BCUT2D eigenvalue weighted by Gasteiger charge is 2.21. The number of carbonyl (C=O) groups is 1. The number of H-pyrrole nitrogens is 1. The lowest BCUT2D eigenvalue weighted by atomic mass is 9.97. The Labute approximate surface area is 171 Å². The highest BCUT2D eigenvalue weighted by molar-refractivity contribution is 5.89. The van der Waals surface area contributed by atoms with Crippen molar-refractivity contribution in [1.29, 1.82) is 0 Å². The van der Waals surface area contributed by atoms with Crippen LogP contribution >= 0.6 is 0 Å². The van der Waals surface area contributed by atoms with Crippen LogP contribution in [0.2, 0.25) is 0 Å². The summed E-state index contributed by atoms with van der Waals surface area (Å²) in [5.41, 5.74) is 3.82. The number of aromatic amines is 1. The molecule has 30 heavy (non-hydrogen) atoms. The van der Waals surface area contributed by atoms with E-state index in [2.05, 4.69) is 10.1 Å². The fourth-order valence-electron chi connectivity index (χ4n) is 3.80. The second-order valence-corrected chi connectivity index (χ2v) is 7.17. The van der Waals surface area contributed by atoms with Crippen LogP contribution in [0.15, 0.2) is 59.5 Å². The first-order valence-corrected chi connectivity index (χ1v) is 9.62. The van der Waals surface area contributed by atoms with Crippen LogP contribution in [0.25, 0.3) is 16.7 Å². The maximum atomic E-state index is 12.7. The van der Waals surface area contributed by atoms with Gasteiger partial charge in [-0.05, 0) is 41.8 Å². The van der Waals surface area contributed by atoms with Gasteiger partial charge in [0, 0.05) is 13.1 Å². The Hall–Kier alpha value is -3.94. The van der Waals surface area contributed by atoms with E-state index in [9.17, 15) is 9.59 Å². The average molecular weight is 401 g/mol. The van der Waals surface area contributed by atoms with Crippen molar-refractivity contribution in [3.8, 4) is 5.69 Å². The molecule has 3 heterocycles. The van der Waals surface area contributed by atoms with Gasteiger partial charge in [0.05, 0.1) is 24.6 Å². The molecule has 5 rings (SSSR count). The zero-order valence-corrected chi connectivity index (χ0v) is 16.3. The maximum absolute atomic E-state index is 12.7. The third-order valence-electron chi connectivity index (χ3n) is 5.37. The first kappa shape index (κ1) is 18.1. The van der Waals surface area contributed by atoms with Crippen molar-refractivity contribution < 1.29 is 9.53 Å². The monoisotopic (exact) mass is 401 g/mol. The third-order valence-corrected chi connectivity index (χ3v) is 5.37. The van der Waals surface area contributed by atoms with E-state index in [0.717, 1.165) is 17.7 Å². The topological polar surface area (TPSA) is 93.1 Å². The lowest BCUT2D eigenvalue weighted by molar-refractivity contribution is 0.0600. The maximum Gasteiger partial charge on any atom is 0.337 e. The van der Waals surface area contributed by atoms with Crippen molar-refractivity contribution in [2.75, 3.05) is 18.6 Å². The number of methoxy groups -OCH3 is 1. The Bertz CT molecular complexity index is 1310. The van der Waals surface area contributed by atoms with Crippen LogP contribution in [0, 0.1) is 0 Å². The van der Waals surface area contributed by atoms with Crippen molar-refractivity contribution in [3.05, 3.63) is 81.8 Å². The summed E-state index contributed by atoms with van der Waals surface area (Å²) in [6.07, 6.45) is 2.32. The number of nitrogens with one attached hydrogen (secondary N) is 1. The van der Waals surface area contributed by atoms with E-state index in [1.807, 2.05) is 47.4 Å². The number of hydrogen-bond acceptors (Lipinski definition) is 6. The van der Waals surface area contributed by atoms with Crippen LogP contribution < -0.4 is 10.5 Å². The minimum Gasteiger partial charge on any atom is -0.465 e. The van der Waals surface area contributed by atoms with Crippen LogP contribution in [0.3, 0.4) is 0 Å². The number of nitrogens with zero attached hydrogens (tertiary/aromatic N) is 4. The first-order valence-electron chi connectivity index (χ1n) is 9.62. The number of esters is 1. The molecule has 0 amide bonds. The van der Waals surface area contributed by atoms with Crippen LogP contribution in [0.4, 0.5) is 5.95 Å². The number of rotatable bonds is 3. The van der Waals surface area contributed by atoms with Crippen molar-refractivity contribution >= 4 is 23.0 Å². The molecule has 0 bridgehead atoms. The summed E-state index contributed by atoms with van der Waals surface area (Å²) >= 11 is 0. The SMILES string of the molecule is COC(=O)c1ccc2c(c1)CN(c1nc3c(cnn3-c3ccccc3)c(=O)[nH]1)CC2. The lowest BCUT2D eigenvalue weighted by Gasteiger charge is -2.29. The molecule has 1 aliphatic rings. The molecule has 2 aromatic heterocycles. The summed E-state index contributed by atoms with van der Waals surface area (Å²) in [5.74, 6) is 0.119. The lowest BCUT2D eigenvalue weighted by Crippen LogP contribution is -2.33. The number of carbonyl (C=O) groups excluding carboxylic acids is 1. The van der Waals surface area contributed by atoms with E-state index in [-0.39, 0.29) is 11.5 Å². The van der Waals surface area contributed by atoms with Crippen molar-refractivity contribution in [2.24, 2.45) is 0 Å². The van der Waals surface area contributed by atoms with Gasteiger partial charge in [-0.2, -0.15) is 10.1 Å². The van der Waals surface area contributed by atoms with E-state index in [1.165, 1.54) is 18.9 Å². The molecule has 2 aromatic carbocycles. The Morgan fingerprint density at radius 1 is 1.13 bits per heavy atom. The minimum atomic E-state index is -0.366. The molecule has 150 valence electrons. The molecule has 0 spiro atoms. The molecule has 0 saturated heterocycles. The Kier molecular flexibility index (Phi) is 4.31. The normalized spacial score (nSPS) is 13.3. The predicted octanol–water partition coefficient (Wildman–Crippen LogP) is 2.46. The second kappa shape index (κ2) is 7.14. The summed E-state index contributed by atoms with van der Waals surface area (Å²) in [4.78, 5) is 34.2. The number of ether oxygens (including phenoxy) is 1. The Morgan fingerprint density at radius 3 is 2.77 bits per heavy atom. The molecular formula is C22H19N5O3. The van der Waals surface area contributed by atoms with Crippen molar-refractivity contribution in [3.63, 3.8) is 0 Å². The van der Waals surface area contributed by atoms with Gasteiger partial charge in [-0.3, -0.25) is 9.78 Å². The molecule has 8 heteroatoms. The van der Waals surface area contributed by atoms with Gasteiger partial charge in [0.25, 0.3) is 5.56 Å². The molecule has 0 aliphatic carbocycles. The summed E-state index contributed by atoms with van der Waals surface area (Å²) in [6, 6.07) is 15.2. The quantitative estimate of drug-likeness (QED) is 0.530. The van der Waals surface area contributed by atoms with Gasteiger partial charge in [0.2, 0.25) is 5.95 Å². The van der Waals surface area contributed by atoms with Crippen molar-refractivity contribution in [2.45, 2.75) is 13.0 Å². The van der Waals surface area contributed by atoms with Gasteiger partial charge < -0.3 is 9.64 Å².